The minimum atomic E-state index is -3.79. The van der Waals surface area contributed by atoms with Crippen LogP contribution in [0.3, 0.4) is 0 Å². The maximum absolute atomic E-state index is 13.5. The predicted molar refractivity (Wildman–Crippen MR) is 119 cm³/mol. The highest BCUT2D eigenvalue weighted by Crippen LogP contribution is 2.25. The van der Waals surface area contributed by atoms with Crippen molar-refractivity contribution < 1.29 is 13.2 Å². The average molecular weight is 441 g/mol. The molecule has 0 spiro atoms. The number of hydrogen-bond donors (Lipinski definition) is 0. The van der Waals surface area contributed by atoms with Gasteiger partial charge in [-0.15, -0.1) is 0 Å². The van der Waals surface area contributed by atoms with Gasteiger partial charge >= 0.3 is 0 Å². The Balaban J connectivity index is 1.77. The number of amides is 1. The summed E-state index contributed by atoms with van der Waals surface area (Å²) in [5.74, 6) is -0.00984. The van der Waals surface area contributed by atoms with Crippen molar-refractivity contribution in [2.45, 2.75) is 24.8 Å². The Morgan fingerprint density at radius 1 is 1.00 bits per heavy atom. The fraction of sp³-hybridized carbons (Fsp3) is 0.391. The lowest BCUT2D eigenvalue weighted by Gasteiger charge is -2.38. The van der Waals surface area contributed by atoms with E-state index >= 15 is 0 Å². The molecule has 2 aromatic carbocycles. The van der Waals surface area contributed by atoms with Gasteiger partial charge in [-0.3, -0.25) is 9.69 Å². The third-order valence-corrected chi connectivity index (χ3v) is 7.66. The zero-order valence-corrected chi connectivity index (χ0v) is 18.8. The molecule has 3 rings (SSSR count). The van der Waals surface area contributed by atoms with Crippen LogP contribution in [0.5, 0.6) is 0 Å². The molecular weight excluding hydrogens is 412 g/mol. The van der Waals surface area contributed by atoms with Crippen molar-refractivity contribution in [3.05, 3.63) is 65.7 Å². The lowest BCUT2D eigenvalue weighted by atomic mass is 10.0. The Morgan fingerprint density at radius 3 is 2.16 bits per heavy atom. The van der Waals surface area contributed by atoms with Crippen LogP contribution in [0.15, 0.2) is 59.5 Å². The second kappa shape index (κ2) is 10.1. The third kappa shape index (κ3) is 4.79. The van der Waals surface area contributed by atoms with Crippen LogP contribution in [0, 0.1) is 11.3 Å². The summed E-state index contributed by atoms with van der Waals surface area (Å²) in [5, 5.41) is 9.27. The second-order valence-corrected chi connectivity index (χ2v) is 9.28. The maximum atomic E-state index is 13.5. The molecule has 1 fully saturated rings. The summed E-state index contributed by atoms with van der Waals surface area (Å²) in [6.45, 7) is 6.58. The van der Waals surface area contributed by atoms with Gasteiger partial charge in [0.05, 0.1) is 10.5 Å². The standard InChI is InChI=1S/C23H28N4O3S/c1-3-25(4-2)22(19-10-6-5-7-11-19)23(28)26-14-16-27(17-15-26)31(29,30)21-13-9-8-12-20(21)18-24/h5-13,22H,3-4,14-17H2,1-2H3. The third-order valence-electron chi connectivity index (χ3n) is 5.70. The highest BCUT2D eigenvalue weighted by atomic mass is 32.2. The first-order valence-electron chi connectivity index (χ1n) is 10.5. The zero-order valence-electron chi connectivity index (χ0n) is 17.9. The summed E-state index contributed by atoms with van der Waals surface area (Å²) in [7, 11) is -3.79. The van der Waals surface area contributed by atoms with Crippen molar-refractivity contribution in [3.63, 3.8) is 0 Å². The molecule has 1 saturated heterocycles. The largest absolute Gasteiger partial charge is 0.338 e. The Morgan fingerprint density at radius 2 is 1.58 bits per heavy atom. The minimum Gasteiger partial charge on any atom is -0.338 e. The summed E-state index contributed by atoms with van der Waals surface area (Å²) in [5.41, 5.74) is 1.07. The number of sulfonamides is 1. The van der Waals surface area contributed by atoms with Crippen molar-refractivity contribution in [2.24, 2.45) is 0 Å². The van der Waals surface area contributed by atoms with Crippen molar-refractivity contribution in [1.29, 1.82) is 5.26 Å². The van der Waals surface area contributed by atoms with Crippen LogP contribution in [-0.2, 0) is 14.8 Å². The molecule has 1 unspecified atom stereocenters. The molecule has 1 heterocycles. The van der Waals surface area contributed by atoms with Crippen molar-refractivity contribution in [2.75, 3.05) is 39.3 Å². The topological polar surface area (TPSA) is 84.7 Å². The summed E-state index contributed by atoms with van der Waals surface area (Å²) >= 11 is 0. The second-order valence-electron chi connectivity index (χ2n) is 7.37. The zero-order chi connectivity index (χ0) is 22.4. The van der Waals surface area contributed by atoms with Crippen LogP contribution in [0.1, 0.15) is 31.0 Å². The van der Waals surface area contributed by atoms with Gasteiger partial charge in [-0.25, -0.2) is 8.42 Å². The molecule has 1 aliphatic rings. The Kier molecular flexibility index (Phi) is 7.44. The molecule has 7 nitrogen and oxygen atoms in total. The average Bonchev–Trinajstić information content (AvgIpc) is 2.82. The summed E-state index contributed by atoms with van der Waals surface area (Å²) in [6.07, 6.45) is 0. The van der Waals surface area contributed by atoms with Crippen molar-refractivity contribution >= 4 is 15.9 Å². The number of hydrogen-bond acceptors (Lipinski definition) is 5. The molecule has 31 heavy (non-hydrogen) atoms. The van der Waals surface area contributed by atoms with Crippen LogP contribution in [0.4, 0.5) is 0 Å². The molecule has 0 saturated carbocycles. The number of benzene rings is 2. The van der Waals surface area contributed by atoms with E-state index in [9.17, 15) is 18.5 Å². The van der Waals surface area contributed by atoms with Crippen LogP contribution in [-0.4, -0.2) is 67.7 Å². The maximum Gasteiger partial charge on any atom is 0.244 e. The Labute approximate surface area is 184 Å². The van der Waals surface area contributed by atoms with Gasteiger partial charge in [-0.2, -0.15) is 9.57 Å². The smallest absolute Gasteiger partial charge is 0.244 e. The molecule has 164 valence electrons. The minimum absolute atomic E-state index is 0.00984. The highest BCUT2D eigenvalue weighted by Gasteiger charge is 2.35. The first-order valence-corrected chi connectivity index (χ1v) is 11.9. The van der Waals surface area contributed by atoms with Crippen LogP contribution in [0.2, 0.25) is 0 Å². The molecule has 1 amide bonds. The van der Waals surface area contributed by atoms with Crippen LogP contribution < -0.4 is 0 Å². The van der Waals surface area contributed by atoms with E-state index in [0.29, 0.717) is 13.1 Å². The van der Waals surface area contributed by atoms with Gasteiger partial charge in [0, 0.05) is 26.2 Å². The number of carbonyl (C=O) groups is 1. The monoisotopic (exact) mass is 440 g/mol. The van der Waals surface area contributed by atoms with E-state index in [-0.39, 0.29) is 29.5 Å². The molecule has 1 atom stereocenters. The Bertz CT molecular complexity index is 1040. The lowest BCUT2D eigenvalue weighted by Crippen LogP contribution is -2.53. The molecule has 0 aromatic heterocycles. The molecule has 0 aliphatic carbocycles. The lowest BCUT2D eigenvalue weighted by molar-refractivity contribution is -0.138. The summed E-state index contributed by atoms with van der Waals surface area (Å²) < 4.78 is 27.5. The van der Waals surface area contributed by atoms with Gasteiger partial charge in [-0.1, -0.05) is 56.3 Å². The fourth-order valence-electron chi connectivity index (χ4n) is 3.98. The van der Waals surface area contributed by atoms with Gasteiger partial charge in [0.1, 0.15) is 12.1 Å². The van der Waals surface area contributed by atoms with Gasteiger partial charge in [0.15, 0.2) is 0 Å². The van der Waals surface area contributed by atoms with Gasteiger partial charge in [-0.05, 0) is 30.8 Å². The van der Waals surface area contributed by atoms with E-state index in [1.807, 2.05) is 50.2 Å². The van der Waals surface area contributed by atoms with Crippen molar-refractivity contribution in [1.82, 2.24) is 14.1 Å². The van der Waals surface area contributed by atoms with Crippen molar-refractivity contribution in [3.8, 4) is 6.07 Å². The van der Waals surface area contributed by atoms with Gasteiger partial charge in [0.25, 0.3) is 0 Å². The van der Waals surface area contributed by atoms with Crippen LogP contribution >= 0.6 is 0 Å². The summed E-state index contributed by atoms with van der Waals surface area (Å²) in [4.78, 5) is 17.3. The number of piperazine rings is 1. The molecule has 0 N–H and O–H groups in total. The number of likely N-dealkylation sites (N-methyl/N-ethyl adjacent to an activating group) is 1. The van der Waals surface area contributed by atoms with E-state index in [0.717, 1.165) is 18.7 Å². The van der Waals surface area contributed by atoms with E-state index in [4.69, 9.17) is 0 Å². The number of rotatable bonds is 7. The van der Waals surface area contributed by atoms with Crippen LogP contribution in [0.25, 0.3) is 0 Å². The van der Waals surface area contributed by atoms with E-state index in [2.05, 4.69) is 4.90 Å². The van der Waals surface area contributed by atoms with E-state index in [1.165, 1.54) is 16.4 Å². The van der Waals surface area contributed by atoms with Gasteiger partial charge in [0.2, 0.25) is 15.9 Å². The van der Waals surface area contributed by atoms with E-state index < -0.39 is 16.1 Å². The number of nitrogens with zero attached hydrogens (tertiary/aromatic N) is 4. The molecule has 2 aromatic rings. The molecular formula is C23H28N4O3S. The molecule has 0 radical (unpaired) electrons. The quantitative estimate of drug-likeness (QED) is 0.660. The molecule has 1 aliphatic heterocycles. The normalized spacial score (nSPS) is 16.1. The first kappa shape index (κ1) is 22.9. The molecule has 0 bridgehead atoms. The first-order chi connectivity index (χ1) is 14.9. The Hall–Kier alpha value is -2.73. The number of carbonyl (C=O) groups excluding carboxylic acids is 1. The predicted octanol–water partition coefficient (Wildman–Crippen LogP) is 2.47. The molecule has 8 heteroatoms. The van der Waals surface area contributed by atoms with E-state index in [1.54, 1.807) is 17.0 Å². The highest BCUT2D eigenvalue weighted by molar-refractivity contribution is 7.89. The summed E-state index contributed by atoms with van der Waals surface area (Å²) in [6, 6.07) is 17.5. The SMILES string of the molecule is CCN(CC)C(C(=O)N1CCN(S(=O)(=O)c2ccccc2C#N)CC1)c1ccccc1. The number of nitriles is 1. The fourth-order valence-corrected chi connectivity index (χ4v) is 5.54. The van der Waals surface area contributed by atoms with Gasteiger partial charge < -0.3 is 4.90 Å².